The number of thioether (sulfide) groups is 1. The Kier molecular flexibility index (Phi) is 5.12. The molecular formula is C16H13BrN2OS2. The van der Waals surface area contributed by atoms with Gasteiger partial charge >= 0.3 is 0 Å². The molecular weight excluding hydrogens is 380 g/mol. The van der Waals surface area contributed by atoms with Gasteiger partial charge in [0, 0.05) is 10.2 Å². The molecule has 0 atom stereocenters. The van der Waals surface area contributed by atoms with E-state index in [1.807, 2.05) is 36.4 Å². The van der Waals surface area contributed by atoms with Crippen molar-refractivity contribution in [3.05, 3.63) is 58.6 Å². The van der Waals surface area contributed by atoms with E-state index in [4.69, 9.17) is 0 Å². The molecule has 3 nitrogen and oxygen atoms in total. The van der Waals surface area contributed by atoms with E-state index in [2.05, 4.69) is 38.4 Å². The van der Waals surface area contributed by atoms with Crippen LogP contribution in [0.2, 0.25) is 0 Å². The largest absolute Gasteiger partial charge is 0.301 e. The van der Waals surface area contributed by atoms with Gasteiger partial charge < -0.3 is 5.32 Å². The number of hydrogen-bond acceptors (Lipinski definition) is 4. The highest BCUT2D eigenvalue weighted by molar-refractivity contribution is 9.10. The summed E-state index contributed by atoms with van der Waals surface area (Å²) in [5, 5.41) is 3.52. The molecule has 1 amide bonds. The highest BCUT2D eigenvalue weighted by Gasteiger charge is 2.09. The predicted octanol–water partition coefficient (Wildman–Crippen LogP) is 4.93. The van der Waals surface area contributed by atoms with E-state index in [0.29, 0.717) is 10.9 Å². The van der Waals surface area contributed by atoms with Gasteiger partial charge in [-0.05, 0) is 33.6 Å². The average molecular weight is 393 g/mol. The molecule has 112 valence electrons. The van der Waals surface area contributed by atoms with Crippen molar-refractivity contribution in [3.8, 4) is 0 Å². The Bertz CT molecular complexity index is 789. The summed E-state index contributed by atoms with van der Waals surface area (Å²) in [6.45, 7) is 0. The predicted molar refractivity (Wildman–Crippen MR) is 98.6 cm³/mol. The third-order valence-electron chi connectivity index (χ3n) is 2.96. The lowest BCUT2D eigenvalue weighted by Crippen LogP contribution is -2.13. The molecule has 6 heteroatoms. The summed E-state index contributed by atoms with van der Waals surface area (Å²) in [6.07, 6.45) is 0. The van der Waals surface area contributed by atoms with Crippen LogP contribution < -0.4 is 5.32 Å². The van der Waals surface area contributed by atoms with Gasteiger partial charge in [0.15, 0.2) is 5.13 Å². The summed E-state index contributed by atoms with van der Waals surface area (Å²) in [4.78, 5) is 16.4. The Hall–Kier alpha value is -1.37. The lowest BCUT2D eigenvalue weighted by molar-refractivity contribution is -0.113. The number of fused-ring (bicyclic) bond motifs is 1. The van der Waals surface area contributed by atoms with Crippen molar-refractivity contribution in [2.24, 2.45) is 0 Å². The van der Waals surface area contributed by atoms with E-state index >= 15 is 0 Å². The van der Waals surface area contributed by atoms with Gasteiger partial charge in [-0.2, -0.15) is 0 Å². The second-order valence-corrected chi connectivity index (χ2v) is 7.50. The van der Waals surface area contributed by atoms with Crippen LogP contribution in [0.3, 0.4) is 0 Å². The Morgan fingerprint density at radius 2 is 2.00 bits per heavy atom. The highest BCUT2D eigenvalue weighted by Crippen LogP contribution is 2.30. The van der Waals surface area contributed by atoms with E-state index in [9.17, 15) is 4.79 Å². The van der Waals surface area contributed by atoms with Gasteiger partial charge in [-0.25, -0.2) is 4.98 Å². The summed E-state index contributed by atoms with van der Waals surface area (Å²) in [6, 6.07) is 16.1. The number of carbonyl (C=O) groups excluding carboxylic acids is 1. The number of rotatable bonds is 5. The number of para-hydroxylation sites is 1. The maximum absolute atomic E-state index is 12.0. The number of benzene rings is 2. The van der Waals surface area contributed by atoms with Crippen LogP contribution in [-0.4, -0.2) is 16.6 Å². The molecule has 0 saturated heterocycles. The smallest absolute Gasteiger partial charge is 0.236 e. The second kappa shape index (κ2) is 7.26. The molecule has 0 spiro atoms. The topological polar surface area (TPSA) is 42.0 Å². The van der Waals surface area contributed by atoms with Crippen LogP contribution in [0.15, 0.2) is 53.0 Å². The molecule has 0 fully saturated rings. The quantitative estimate of drug-likeness (QED) is 0.668. The van der Waals surface area contributed by atoms with E-state index in [-0.39, 0.29) is 5.91 Å². The van der Waals surface area contributed by atoms with Crippen LogP contribution in [-0.2, 0) is 10.5 Å². The van der Waals surface area contributed by atoms with Crippen molar-refractivity contribution in [2.45, 2.75) is 5.75 Å². The molecule has 0 aliphatic rings. The van der Waals surface area contributed by atoms with Crippen LogP contribution >= 0.6 is 39.0 Å². The Labute approximate surface area is 145 Å². The summed E-state index contributed by atoms with van der Waals surface area (Å²) < 4.78 is 2.00. The monoisotopic (exact) mass is 392 g/mol. The lowest BCUT2D eigenvalue weighted by atomic mass is 10.2. The van der Waals surface area contributed by atoms with Crippen molar-refractivity contribution >= 4 is 60.3 Å². The first kappa shape index (κ1) is 15.5. The number of nitrogens with one attached hydrogen (secondary N) is 1. The molecule has 0 radical (unpaired) electrons. The zero-order valence-electron chi connectivity index (χ0n) is 11.6. The SMILES string of the molecule is O=C(CSCc1ccccc1)Nc1nc2c(Br)cccc2s1. The molecule has 22 heavy (non-hydrogen) atoms. The number of carbonyl (C=O) groups is 1. The minimum atomic E-state index is -0.0175. The molecule has 2 aromatic carbocycles. The van der Waals surface area contributed by atoms with Gasteiger partial charge in [-0.1, -0.05) is 47.7 Å². The zero-order valence-corrected chi connectivity index (χ0v) is 14.8. The number of thiazole rings is 1. The van der Waals surface area contributed by atoms with E-state index in [0.717, 1.165) is 20.4 Å². The van der Waals surface area contributed by atoms with Gasteiger partial charge in [0.2, 0.25) is 5.91 Å². The van der Waals surface area contributed by atoms with Gasteiger partial charge in [0.05, 0.1) is 16.0 Å². The third-order valence-corrected chi connectivity index (χ3v) is 5.54. The number of nitrogens with zero attached hydrogens (tertiary/aromatic N) is 1. The Balaban J connectivity index is 1.55. The normalized spacial score (nSPS) is 10.8. The molecule has 3 aromatic rings. The van der Waals surface area contributed by atoms with E-state index in [1.165, 1.54) is 16.9 Å². The Morgan fingerprint density at radius 3 is 2.77 bits per heavy atom. The summed E-state index contributed by atoms with van der Waals surface area (Å²) in [7, 11) is 0. The number of hydrogen-bond donors (Lipinski definition) is 1. The molecule has 0 aliphatic carbocycles. The fraction of sp³-hybridized carbons (Fsp3) is 0.125. The molecule has 1 N–H and O–H groups in total. The standard InChI is InChI=1S/C16H13BrN2OS2/c17-12-7-4-8-13-15(12)19-16(22-13)18-14(20)10-21-9-11-5-2-1-3-6-11/h1-8H,9-10H2,(H,18,19,20). The van der Waals surface area contributed by atoms with Crippen molar-refractivity contribution in [3.63, 3.8) is 0 Å². The van der Waals surface area contributed by atoms with Crippen LogP contribution in [0.1, 0.15) is 5.56 Å². The molecule has 1 aromatic heterocycles. The first-order valence-corrected chi connectivity index (χ1v) is 9.45. The van der Waals surface area contributed by atoms with Crippen LogP contribution in [0.5, 0.6) is 0 Å². The fourth-order valence-corrected chi connectivity index (χ4v) is 4.24. The van der Waals surface area contributed by atoms with Crippen molar-refractivity contribution < 1.29 is 4.79 Å². The number of halogens is 1. The average Bonchev–Trinajstić information content (AvgIpc) is 2.92. The van der Waals surface area contributed by atoms with Gasteiger partial charge in [-0.3, -0.25) is 4.79 Å². The minimum absolute atomic E-state index is 0.0175. The van der Waals surface area contributed by atoms with Crippen LogP contribution in [0, 0.1) is 0 Å². The van der Waals surface area contributed by atoms with Gasteiger partial charge in [0.25, 0.3) is 0 Å². The molecule has 1 heterocycles. The number of anilines is 1. The summed E-state index contributed by atoms with van der Waals surface area (Å²) >= 11 is 6.56. The maximum atomic E-state index is 12.0. The van der Waals surface area contributed by atoms with Gasteiger partial charge in [0.1, 0.15) is 0 Å². The third kappa shape index (κ3) is 3.88. The minimum Gasteiger partial charge on any atom is -0.301 e. The first-order chi connectivity index (χ1) is 10.7. The zero-order chi connectivity index (χ0) is 15.4. The van der Waals surface area contributed by atoms with Gasteiger partial charge in [-0.15, -0.1) is 11.8 Å². The fourth-order valence-electron chi connectivity index (χ4n) is 1.96. The molecule has 0 saturated carbocycles. The summed E-state index contributed by atoms with van der Waals surface area (Å²) in [5.41, 5.74) is 2.11. The maximum Gasteiger partial charge on any atom is 0.236 e. The lowest BCUT2D eigenvalue weighted by Gasteiger charge is -2.02. The molecule has 0 aliphatic heterocycles. The molecule has 3 rings (SSSR count). The van der Waals surface area contributed by atoms with Crippen molar-refractivity contribution in [1.82, 2.24) is 4.98 Å². The van der Waals surface area contributed by atoms with Crippen LogP contribution in [0.25, 0.3) is 10.2 Å². The second-order valence-electron chi connectivity index (χ2n) is 4.63. The van der Waals surface area contributed by atoms with Crippen molar-refractivity contribution in [1.29, 1.82) is 0 Å². The molecule has 0 unspecified atom stereocenters. The highest BCUT2D eigenvalue weighted by atomic mass is 79.9. The Morgan fingerprint density at radius 1 is 1.18 bits per heavy atom. The van der Waals surface area contributed by atoms with Crippen LogP contribution in [0.4, 0.5) is 5.13 Å². The number of amides is 1. The summed E-state index contributed by atoms with van der Waals surface area (Å²) in [5.74, 6) is 1.24. The first-order valence-electron chi connectivity index (χ1n) is 6.69. The van der Waals surface area contributed by atoms with Crippen molar-refractivity contribution in [2.75, 3.05) is 11.1 Å². The number of aromatic nitrogens is 1. The van der Waals surface area contributed by atoms with E-state index < -0.39 is 0 Å². The molecule has 0 bridgehead atoms. The van der Waals surface area contributed by atoms with E-state index in [1.54, 1.807) is 11.8 Å².